The third-order valence-corrected chi connectivity index (χ3v) is 6.71. The quantitative estimate of drug-likeness (QED) is 0.455. The van der Waals surface area contributed by atoms with Crippen molar-refractivity contribution in [1.29, 1.82) is 0 Å². The number of amides is 2. The van der Waals surface area contributed by atoms with Crippen molar-refractivity contribution in [2.75, 3.05) is 23.4 Å². The molecule has 2 N–H and O–H groups in total. The highest BCUT2D eigenvalue weighted by Crippen LogP contribution is 2.23. The van der Waals surface area contributed by atoms with Gasteiger partial charge < -0.3 is 10.6 Å². The Bertz CT molecular complexity index is 1350. The summed E-state index contributed by atoms with van der Waals surface area (Å²) in [6, 6.07) is 19.7. The highest BCUT2D eigenvalue weighted by Gasteiger charge is 2.22. The van der Waals surface area contributed by atoms with Gasteiger partial charge in [-0.3, -0.25) is 9.59 Å². The number of nitrogens with zero attached hydrogens (tertiary/aromatic N) is 1. The molecular weight excluding hydrogens is 481 g/mol. The number of hydrogen-bond donors (Lipinski definition) is 2. The van der Waals surface area contributed by atoms with Crippen LogP contribution in [-0.4, -0.2) is 37.3 Å². The first kappa shape index (κ1) is 27.0. The molecule has 0 saturated heterocycles. The summed E-state index contributed by atoms with van der Waals surface area (Å²) in [6.45, 7) is 5.51. The second kappa shape index (κ2) is 11.0. The van der Waals surface area contributed by atoms with Gasteiger partial charge in [-0.25, -0.2) is 12.8 Å². The van der Waals surface area contributed by atoms with Crippen molar-refractivity contribution in [3.05, 3.63) is 95.3 Å². The van der Waals surface area contributed by atoms with E-state index in [1.165, 1.54) is 18.2 Å². The predicted molar refractivity (Wildman–Crippen MR) is 140 cm³/mol. The third kappa shape index (κ3) is 7.47. The van der Waals surface area contributed by atoms with Crippen molar-refractivity contribution >= 4 is 33.2 Å². The summed E-state index contributed by atoms with van der Waals surface area (Å²) in [5.74, 6) is -1.45. The smallest absolute Gasteiger partial charge is 0.255 e. The number of carbonyl (C=O) groups excluding carboxylic acids is 2. The van der Waals surface area contributed by atoms with E-state index in [1.54, 1.807) is 42.5 Å². The van der Waals surface area contributed by atoms with Gasteiger partial charge in [-0.1, -0.05) is 57.2 Å². The molecule has 7 nitrogen and oxygen atoms in total. The molecule has 0 aliphatic heterocycles. The Balaban J connectivity index is 1.66. The van der Waals surface area contributed by atoms with Crippen LogP contribution in [-0.2, 0) is 26.8 Å². The van der Waals surface area contributed by atoms with Crippen LogP contribution in [0.2, 0.25) is 0 Å². The summed E-state index contributed by atoms with van der Waals surface area (Å²) in [4.78, 5) is 25.3. The van der Waals surface area contributed by atoms with E-state index in [-0.39, 0.29) is 23.4 Å². The van der Waals surface area contributed by atoms with E-state index in [9.17, 15) is 22.4 Å². The van der Waals surface area contributed by atoms with Crippen LogP contribution >= 0.6 is 0 Å². The molecule has 190 valence electrons. The number of benzene rings is 3. The maximum absolute atomic E-state index is 14.0. The molecule has 2 amide bonds. The molecule has 3 aromatic carbocycles. The lowest BCUT2D eigenvalue weighted by atomic mass is 9.87. The van der Waals surface area contributed by atoms with Crippen molar-refractivity contribution in [1.82, 2.24) is 4.31 Å². The van der Waals surface area contributed by atoms with Gasteiger partial charge in [-0.05, 0) is 47.4 Å². The predicted octanol–water partition coefficient (Wildman–Crippen LogP) is 4.78. The molecule has 9 heteroatoms. The van der Waals surface area contributed by atoms with Gasteiger partial charge in [0.05, 0.1) is 12.8 Å². The Kier molecular flexibility index (Phi) is 8.27. The van der Waals surface area contributed by atoms with Gasteiger partial charge in [0.15, 0.2) is 0 Å². The normalized spacial score (nSPS) is 11.8. The number of sulfonamides is 1. The van der Waals surface area contributed by atoms with Crippen LogP contribution in [0.25, 0.3) is 0 Å². The monoisotopic (exact) mass is 511 g/mol. The number of nitrogens with one attached hydrogen (secondary N) is 2. The summed E-state index contributed by atoms with van der Waals surface area (Å²) in [5.41, 5.74) is 2.58. The van der Waals surface area contributed by atoms with Crippen LogP contribution in [0.15, 0.2) is 72.8 Å². The molecule has 0 aliphatic rings. The van der Waals surface area contributed by atoms with E-state index < -0.39 is 28.3 Å². The van der Waals surface area contributed by atoms with E-state index in [0.717, 1.165) is 16.1 Å². The summed E-state index contributed by atoms with van der Waals surface area (Å²) in [5, 5.41) is 5.43. The van der Waals surface area contributed by atoms with Gasteiger partial charge in [-0.15, -0.1) is 0 Å². The third-order valence-electron chi connectivity index (χ3n) is 5.51. The first-order chi connectivity index (χ1) is 16.8. The molecule has 0 bridgehead atoms. The van der Waals surface area contributed by atoms with E-state index in [0.29, 0.717) is 16.9 Å². The van der Waals surface area contributed by atoms with E-state index in [1.807, 2.05) is 12.1 Å². The lowest BCUT2D eigenvalue weighted by Gasteiger charge is -2.20. The SMILES string of the molecule is CC(C)(C)c1ccc(C(=O)Nc2cccc(NC(=O)CN(Cc3ccccc3F)S(C)(=O)=O)c2)cc1. The topological polar surface area (TPSA) is 95.6 Å². The van der Waals surface area contributed by atoms with Crippen LogP contribution in [0.4, 0.5) is 15.8 Å². The van der Waals surface area contributed by atoms with Gasteiger partial charge in [0, 0.05) is 29.0 Å². The molecule has 0 radical (unpaired) electrons. The Morgan fingerprint density at radius 2 is 1.50 bits per heavy atom. The summed E-state index contributed by atoms with van der Waals surface area (Å²) >= 11 is 0. The average Bonchev–Trinajstić information content (AvgIpc) is 2.79. The molecule has 3 aromatic rings. The van der Waals surface area contributed by atoms with Gasteiger partial charge in [0.1, 0.15) is 5.82 Å². The highest BCUT2D eigenvalue weighted by molar-refractivity contribution is 7.88. The molecule has 0 saturated carbocycles. The molecule has 3 rings (SSSR count). The Hall–Kier alpha value is -3.56. The highest BCUT2D eigenvalue weighted by atomic mass is 32.2. The molecule has 0 aliphatic carbocycles. The summed E-state index contributed by atoms with van der Waals surface area (Å²) in [7, 11) is -3.79. The molecule has 0 aromatic heterocycles. The van der Waals surface area contributed by atoms with Crippen molar-refractivity contribution in [3.63, 3.8) is 0 Å². The molecule has 0 heterocycles. The molecule has 0 unspecified atom stereocenters. The second-order valence-corrected chi connectivity index (χ2v) is 11.5. The van der Waals surface area contributed by atoms with Crippen LogP contribution < -0.4 is 10.6 Å². The van der Waals surface area contributed by atoms with Gasteiger partial charge in [0.2, 0.25) is 15.9 Å². The minimum absolute atomic E-state index is 0.0243. The van der Waals surface area contributed by atoms with E-state index >= 15 is 0 Å². The van der Waals surface area contributed by atoms with Crippen molar-refractivity contribution < 1.29 is 22.4 Å². The summed E-state index contributed by atoms with van der Waals surface area (Å²) < 4.78 is 39.3. The van der Waals surface area contributed by atoms with Crippen molar-refractivity contribution in [2.24, 2.45) is 0 Å². The number of carbonyl (C=O) groups is 2. The van der Waals surface area contributed by atoms with Gasteiger partial charge >= 0.3 is 0 Å². The largest absolute Gasteiger partial charge is 0.325 e. The van der Waals surface area contributed by atoms with Crippen molar-refractivity contribution in [2.45, 2.75) is 32.7 Å². The average molecular weight is 512 g/mol. The van der Waals surface area contributed by atoms with Gasteiger partial charge in [-0.2, -0.15) is 4.31 Å². The van der Waals surface area contributed by atoms with Crippen LogP contribution in [0, 0.1) is 5.82 Å². The minimum atomic E-state index is -3.79. The first-order valence-corrected chi connectivity index (χ1v) is 13.2. The lowest BCUT2D eigenvalue weighted by molar-refractivity contribution is -0.116. The maximum atomic E-state index is 14.0. The molecular formula is C27H30FN3O4S. The van der Waals surface area contributed by atoms with E-state index in [4.69, 9.17) is 0 Å². The first-order valence-electron chi connectivity index (χ1n) is 11.3. The molecule has 0 spiro atoms. The zero-order chi connectivity index (χ0) is 26.5. The number of anilines is 2. The zero-order valence-electron chi connectivity index (χ0n) is 20.7. The van der Waals surface area contributed by atoms with E-state index in [2.05, 4.69) is 31.4 Å². The fourth-order valence-corrected chi connectivity index (χ4v) is 4.19. The molecule has 0 fully saturated rings. The Labute approximate surface area is 211 Å². The summed E-state index contributed by atoms with van der Waals surface area (Å²) in [6.07, 6.45) is 0.964. The van der Waals surface area contributed by atoms with Gasteiger partial charge in [0.25, 0.3) is 5.91 Å². The number of halogens is 1. The maximum Gasteiger partial charge on any atom is 0.255 e. The second-order valence-electron chi connectivity index (χ2n) is 9.53. The lowest BCUT2D eigenvalue weighted by Crippen LogP contribution is -2.37. The molecule has 0 atom stereocenters. The van der Waals surface area contributed by atoms with Crippen LogP contribution in [0.1, 0.15) is 42.3 Å². The Morgan fingerprint density at radius 1 is 0.889 bits per heavy atom. The van der Waals surface area contributed by atoms with Crippen molar-refractivity contribution in [3.8, 4) is 0 Å². The minimum Gasteiger partial charge on any atom is -0.325 e. The van der Waals surface area contributed by atoms with Crippen LogP contribution in [0.5, 0.6) is 0 Å². The Morgan fingerprint density at radius 3 is 2.08 bits per heavy atom. The molecule has 36 heavy (non-hydrogen) atoms. The fraction of sp³-hybridized carbons (Fsp3) is 0.259. The zero-order valence-corrected chi connectivity index (χ0v) is 21.5. The standard InChI is InChI=1S/C27H30FN3O4S/c1-27(2,3)21-14-12-19(13-15-21)26(33)30-23-10-7-9-22(16-23)29-25(32)18-31(36(4,34)35)17-20-8-5-6-11-24(20)28/h5-16H,17-18H2,1-4H3,(H,29,32)(H,30,33). The van der Waals surface area contributed by atoms with Crippen LogP contribution in [0.3, 0.4) is 0 Å². The number of rotatable bonds is 8. The fourth-order valence-electron chi connectivity index (χ4n) is 3.47. The number of hydrogen-bond acceptors (Lipinski definition) is 4.